The van der Waals surface area contributed by atoms with Crippen molar-refractivity contribution in [3.63, 3.8) is 0 Å². The number of nitrogens with one attached hydrogen (secondary N) is 1. The molecule has 2 aromatic carbocycles. The van der Waals surface area contributed by atoms with Crippen molar-refractivity contribution >= 4 is 23.2 Å². The molecule has 0 aliphatic carbocycles. The van der Waals surface area contributed by atoms with E-state index in [9.17, 15) is 4.79 Å². The molecule has 0 atom stereocenters. The van der Waals surface area contributed by atoms with Crippen LogP contribution >= 0.6 is 11.6 Å². The third-order valence-electron chi connectivity index (χ3n) is 4.54. The first-order valence-electron chi connectivity index (χ1n) is 8.69. The maximum atomic E-state index is 12.7. The number of carbonyl (C=O) groups is 1. The summed E-state index contributed by atoms with van der Waals surface area (Å²) in [5.74, 6) is 1.41. The number of benzene rings is 2. The highest BCUT2D eigenvalue weighted by molar-refractivity contribution is 6.32. The van der Waals surface area contributed by atoms with Crippen LogP contribution < -0.4 is 14.8 Å². The molecule has 3 aromatic rings. The predicted octanol–water partition coefficient (Wildman–Crippen LogP) is 5.09. The summed E-state index contributed by atoms with van der Waals surface area (Å²) < 4.78 is 16.3. The van der Waals surface area contributed by atoms with Gasteiger partial charge in [-0.3, -0.25) is 4.79 Å². The van der Waals surface area contributed by atoms with E-state index in [-0.39, 0.29) is 12.3 Å². The summed E-state index contributed by atoms with van der Waals surface area (Å²) in [6.45, 7) is 5.93. The molecular formula is C21H21ClN2O4. The summed E-state index contributed by atoms with van der Waals surface area (Å²) in [7, 11) is 1.53. The van der Waals surface area contributed by atoms with Crippen molar-refractivity contribution in [3.8, 4) is 11.5 Å². The number of ether oxygens (including phenoxy) is 2. The van der Waals surface area contributed by atoms with Crippen molar-refractivity contribution in [3.05, 3.63) is 69.6 Å². The second-order valence-electron chi connectivity index (χ2n) is 6.36. The van der Waals surface area contributed by atoms with Crippen molar-refractivity contribution in [1.29, 1.82) is 0 Å². The lowest BCUT2D eigenvalue weighted by molar-refractivity contribution is 0.101. The fourth-order valence-corrected chi connectivity index (χ4v) is 2.96. The Labute approximate surface area is 168 Å². The fraction of sp³-hybridized carbons (Fsp3) is 0.238. The number of halogens is 1. The molecule has 3 rings (SSSR count). The number of amides is 1. The number of hydrogen-bond acceptors (Lipinski definition) is 5. The van der Waals surface area contributed by atoms with E-state index >= 15 is 0 Å². The van der Waals surface area contributed by atoms with Crippen LogP contribution in [0.25, 0.3) is 0 Å². The van der Waals surface area contributed by atoms with Gasteiger partial charge in [0.05, 0.1) is 17.7 Å². The standard InChI is InChI=1S/C21H21ClN2O4/c1-12-6-5-7-18(13(12)2)27-11-16-14(3)28-24-20(16)21(25)23-15-8-9-19(26-4)17(22)10-15/h5-10H,11H2,1-4H3,(H,23,25). The smallest absolute Gasteiger partial charge is 0.278 e. The second kappa shape index (κ2) is 8.35. The molecule has 0 unspecified atom stereocenters. The van der Waals surface area contributed by atoms with Gasteiger partial charge in [-0.15, -0.1) is 0 Å². The van der Waals surface area contributed by atoms with E-state index < -0.39 is 5.91 Å². The first-order chi connectivity index (χ1) is 13.4. The maximum absolute atomic E-state index is 12.7. The van der Waals surface area contributed by atoms with Crippen LogP contribution in [0.1, 0.15) is 32.9 Å². The first kappa shape index (κ1) is 19.8. The second-order valence-corrected chi connectivity index (χ2v) is 6.76. The lowest BCUT2D eigenvalue weighted by Gasteiger charge is -2.11. The number of nitrogens with zero attached hydrogens (tertiary/aromatic N) is 1. The van der Waals surface area contributed by atoms with Crippen LogP contribution in [0.5, 0.6) is 11.5 Å². The molecule has 0 fully saturated rings. The molecule has 28 heavy (non-hydrogen) atoms. The average molecular weight is 401 g/mol. The zero-order valence-electron chi connectivity index (χ0n) is 16.1. The molecule has 0 saturated heterocycles. The topological polar surface area (TPSA) is 73.6 Å². The molecule has 0 radical (unpaired) electrons. The summed E-state index contributed by atoms with van der Waals surface area (Å²) >= 11 is 6.11. The van der Waals surface area contributed by atoms with E-state index in [0.29, 0.717) is 27.8 Å². The highest BCUT2D eigenvalue weighted by Crippen LogP contribution is 2.28. The van der Waals surface area contributed by atoms with Gasteiger partial charge in [-0.05, 0) is 56.2 Å². The van der Waals surface area contributed by atoms with E-state index in [2.05, 4.69) is 10.5 Å². The van der Waals surface area contributed by atoms with Crippen molar-refractivity contribution in [1.82, 2.24) is 5.16 Å². The lowest BCUT2D eigenvalue weighted by atomic mass is 10.1. The summed E-state index contributed by atoms with van der Waals surface area (Å²) in [6.07, 6.45) is 0. The number of hydrogen-bond donors (Lipinski definition) is 1. The normalized spacial score (nSPS) is 10.6. The number of aryl methyl sites for hydroxylation is 2. The molecular weight excluding hydrogens is 380 g/mol. The number of rotatable bonds is 6. The number of anilines is 1. The fourth-order valence-electron chi connectivity index (χ4n) is 2.70. The van der Waals surface area contributed by atoms with Crippen LogP contribution in [-0.4, -0.2) is 18.2 Å². The number of methoxy groups -OCH3 is 1. The van der Waals surface area contributed by atoms with E-state index in [1.807, 2.05) is 32.0 Å². The predicted molar refractivity (Wildman–Crippen MR) is 107 cm³/mol. The number of carbonyl (C=O) groups excluding carboxylic acids is 1. The molecule has 0 spiro atoms. The van der Waals surface area contributed by atoms with Crippen LogP contribution in [0.2, 0.25) is 5.02 Å². The van der Waals surface area contributed by atoms with Crippen molar-refractivity contribution in [2.75, 3.05) is 12.4 Å². The zero-order valence-corrected chi connectivity index (χ0v) is 16.9. The van der Waals surface area contributed by atoms with Gasteiger partial charge in [-0.1, -0.05) is 28.9 Å². The van der Waals surface area contributed by atoms with Gasteiger partial charge < -0.3 is 19.3 Å². The summed E-state index contributed by atoms with van der Waals surface area (Å²) in [4.78, 5) is 12.7. The van der Waals surface area contributed by atoms with E-state index in [1.54, 1.807) is 25.1 Å². The molecule has 1 amide bonds. The van der Waals surface area contributed by atoms with E-state index in [4.69, 9.17) is 25.6 Å². The SMILES string of the molecule is COc1ccc(NC(=O)c2noc(C)c2COc2cccc(C)c2C)cc1Cl. The van der Waals surface area contributed by atoms with Crippen LogP contribution in [0.4, 0.5) is 5.69 Å². The van der Waals surface area contributed by atoms with Gasteiger partial charge in [0.15, 0.2) is 5.69 Å². The maximum Gasteiger partial charge on any atom is 0.278 e. The molecule has 0 aliphatic heterocycles. The van der Waals surface area contributed by atoms with Crippen LogP contribution in [0, 0.1) is 20.8 Å². The Kier molecular flexibility index (Phi) is 5.90. The first-order valence-corrected chi connectivity index (χ1v) is 9.07. The third kappa shape index (κ3) is 4.12. The van der Waals surface area contributed by atoms with Gasteiger partial charge in [-0.2, -0.15) is 0 Å². The molecule has 1 aromatic heterocycles. The van der Waals surface area contributed by atoms with Crippen molar-refractivity contribution in [2.24, 2.45) is 0 Å². The van der Waals surface area contributed by atoms with Crippen LogP contribution in [0.15, 0.2) is 40.9 Å². The summed E-state index contributed by atoms with van der Waals surface area (Å²) in [6, 6.07) is 10.8. The van der Waals surface area contributed by atoms with Gasteiger partial charge in [0.2, 0.25) is 0 Å². The largest absolute Gasteiger partial charge is 0.495 e. The highest BCUT2D eigenvalue weighted by atomic mass is 35.5. The van der Waals surface area contributed by atoms with Gasteiger partial charge in [0.1, 0.15) is 23.9 Å². The minimum Gasteiger partial charge on any atom is -0.495 e. The molecule has 146 valence electrons. The summed E-state index contributed by atoms with van der Waals surface area (Å²) in [5.41, 5.74) is 3.48. The van der Waals surface area contributed by atoms with Crippen LogP contribution in [-0.2, 0) is 6.61 Å². The molecule has 0 aliphatic rings. The molecule has 0 saturated carbocycles. The van der Waals surface area contributed by atoms with E-state index in [1.165, 1.54) is 7.11 Å². The molecule has 1 heterocycles. The van der Waals surface area contributed by atoms with Gasteiger partial charge >= 0.3 is 0 Å². The Balaban J connectivity index is 1.77. The Hall–Kier alpha value is -2.99. The van der Waals surface area contributed by atoms with Crippen molar-refractivity contribution < 1.29 is 18.8 Å². The molecule has 0 bridgehead atoms. The zero-order chi connectivity index (χ0) is 20.3. The summed E-state index contributed by atoms with van der Waals surface area (Å²) in [5, 5.41) is 7.06. The quantitative estimate of drug-likeness (QED) is 0.623. The van der Waals surface area contributed by atoms with Gasteiger partial charge in [0, 0.05) is 5.69 Å². The van der Waals surface area contributed by atoms with Crippen molar-refractivity contribution in [2.45, 2.75) is 27.4 Å². The molecule has 7 heteroatoms. The monoisotopic (exact) mass is 400 g/mol. The lowest BCUT2D eigenvalue weighted by Crippen LogP contribution is -2.15. The van der Waals surface area contributed by atoms with Gasteiger partial charge in [0.25, 0.3) is 5.91 Å². The van der Waals surface area contributed by atoms with Crippen LogP contribution in [0.3, 0.4) is 0 Å². The Morgan fingerprint density at radius 2 is 1.96 bits per heavy atom. The average Bonchev–Trinajstić information content (AvgIpc) is 3.04. The Morgan fingerprint density at radius 3 is 2.68 bits per heavy atom. The minimum absolute atomic E-state index is 0.172. The molecule has 1 N–H and O–H groups in total. The Morgan fingerprint density at radius 1 is 1.18 bits per heavy atom. The number of aromatic nitrogens is 1. The third-order valence-corrected chi connectivity index (χ3v) is 4.83. The highest BCUT2D eigenvalue weighted by Gasteiger charge is 2.21. The van der Waals surface area contributed by atoms with Gasteiger partial charge in [-0.25, -0.2) is 0 Å². The molecule has 6 nitrogen and oxygen atoms in total. The minimum atomic E-state index is -0.405. The van der Waals surface area contributed by atoms with E-state index in [0.717, 1.165) is 16.9 Å². The Bertz CT molecular complexity index is 1010.